The Hall–Kier alpha value is -1.40. The van der Waals surface area contributed by atoms with Gasteiger partial charge in [-0.1, -0.05) is 12.1 Å². The molecule has 1 aromatic carbocycles. The predicted molar refractivity (Wildman–Crippen MR) is 70.4 cm³/mol. The van der Waals surface area contributed by atoms with Crippen LogP contribution < -0.4 is 4.72 Å². The highest BCUT2D eigenvalue weighted by atomic mass is 32.2. The van der Waals surface area contributed by atoms with Gasteiger partial charge in [0.1, 0.15) is 0 Å². The molecule has 6 heteroatoms. The quantitative estimate of drug-likeness (QED) is 0.856. The molecule has 0 radical (unpaired) electrons. The first-order valence-corrected chi connectivity index (χ1v) is 7.55. The molecule has 0 amide bonds. The molecule has 19 heavy (non-hydrogen) atoms. The van der Waals surface area contributed by atoms with Crippen LogP contribution in [0.3, 0.4) is 0 Å². The van der Waals surface area contributed by atoms with Crippen LogP contribution in [0.25, 0.3) is 0 Å². The fourth-order valence-corrected chi connectivity index (χ4v) is 3.38. The molecule has 2 N–H and O–H groups in total. The van der Waals surface area contributed by atoms with Crippen molar-refractivity contribution in [1.82, 2.24) is 4.72 Å². The molecule has 5 nitrogen and oxygen atoms in total. The lowest BCUT2D eigenvalue weighted by Crippen LogP contribution is -2.34. The standard InChI is InChI=1S/C13H17NO4S/c1-9-3-4-10(2)11(7-9)19(17,18)14-8-13(5-6-13)12(15)16/h3-4,7,14H,5-6,8H2,1-2H3,(H,15,16). The van der Waals surface area contributed by atoms with Crippen LogP contribution in [0.15, 0.2) is 23.1 Å². The number of hydrogen-bond donors (Lipinski definition) is 2. The van der Waals surface area contributed by atoms with E-state index in [1.807, 2.05) is 13.0 Å². The second-order valence-electron chi connectivity index (χ2n) is 5.18. The van der Waals surface area contributed by atoms with E-state index in [0.717, 1.165) is 5.56 Å². The zero-order chi connectivity index (χ0) is 14.3. The summed E-state index contributed by atoms with van der Waals surface area (Å²) in [5.74, 6) is -0.934. The molecule has 0 aromatic heterocycles. The summed E-state index contributed by atoms with van der Waals surface area (Å²) in [5.41, 5.74) is 0.605. The van der Waals surface area contributed by atoms with Crippen LogP contribution in [0.4, 0.5) is 0 Å². The van der Waals surface area contributed by atoms with Gasteiger partial charge in [0.05, 0.1) is 10.3 Å². The third kappa shape index (κ3) is 2.79. The van der Waals surface area contributed by atoms with Gasteiger partial charge in [-0.05, 0) is 43.9 Å². The highest BCUT2D eigenvalue weighted by molar-refractivity contribution is 7.89. The van der Waals surface area contributed by atoms with E-state index in [4.69, 9.17) is 5.11 Å². The van der Waals surface area contributed by atoms with Crippen LogP contribution in [0.2, 0.25) is 0 Å². The van der Waals surface area contributed by atoms with Gasteiger partial charge in [-0.3, -0.25) is 4.79 Å². The van der Waals surface area contributed by atoms with E-state index in [1.165, 1.54) is 0 Å². The molecule has 0 saturated heterocycles. The monoisotopic (exact) mass is 283 g/mol. The molecule has 104 valence electrons. The summed E-state index contributed by atoms with van der Waals surface area (Å²) in [6, 6.07) is 5.18. The van der Waals surface area contributed by atoms with Crippen molar-refractivity contribution in [2.75, 3.05) is 6.54 Å². The average molecular weight is 283 g/mol. The number of hydrogen-bond acceptors (Lipinski definition) is 3. The Morgan fingerprint density at radius 2 is 2.00 bits per heavy atom. The average Bonchev–Trinajstić information content (AvgIpc) is 3.11. The Labute approximate surface area is 112 Å². The fraction of sp³-hybridized carbons (Fsp3) is 0.462. The predicted octanol–water partition coefficient (Wildman–Crippen LogP) is 1.45. The van der Waals surface area contributed by atoms with E-state index in [9.17, 15) is 13.2 Å². The Morgan fingerprint density at radius 3 is 2.53 bits per heavy atom. The van der Waals surface area contributed by atoms with E-state index in [-0.39, 0.29) is 11.4 Å². The van der Waals surface area contributed by atoms with Gasteiger partial charge in [0, 0.05) is 6.54 Å². The minimum atomic E-state index is -3.65. The number of nitrogens with one attached hydrogen (secondary N) is 1. The molecule has 1 aliphatic rings. The van der Waals surface area contributed by atoms with Crippen LogP contribution in [-0.2, 0) is 14.8 Å². The topological polar surface area (TPSA) is 83.5 Å². The van der Waals surface area contributed by atoms with Gasteiger partial charge in [0.25, 0.3) is 0 Å². The maximum Gasteiger partial charge on any atom is 0.310 e. The van der Waals surface area contributed by atoms with Crippen molar-refractivity contribution in [3.05, 3.63) is 29.3 Å². The number of aliphatic carboxylic acids is 1. The number of carboxylic acid groups (broad SMARTS) is 1. The fourth-order valence-electron chi connectivity index (χ4n) is 1.92. The smallest absolute Gasteiger partial charge is 0.310 e. The molecule has 0 heterocycles. The highest BCUT2D eigenvalue weighted by Crippen LogP contribution is 2.45. The van der Waals surface area contributed by atoms with Crippen molar-refractivity contribution in [3.8, 4) is 0 Å². The SMILES string of the molecule is Cc1ccc(C)c(S(=O)(=O)NCC2(C(=O)O)CC2)c1. The van der Waals surface area contributed by atoms with Crippen molar-refractivity contribution in [1.29, 1.82) is 0 Å². The number of aryl methyl sites for hydroxylation is 2. The number of benzene rings is 1. The Morgan fingerprint density at radius 1 is 1.37 bits per heavy atom. The lowest BCUT2D eigenvalue weighted by atomic mass is 10.1. The van der Waals surface area contributed by atoms with Gasteiger partial charge in [0.2, 0.25) is 10.0 Å². The molecule has 0 bridgehead atoms. The third-order valence-corrected chi connectivity index (χ3v) is 5.08. The molecular formula is C13H17NO4S. The van der Waals surface area contributed by atoms with E-state index >= 15 is 0 Å². The van der Waals surface area contributed by atoms with Crippen molar-refractivity contribution in [2.24, 2.45) is 5.41 Å². The lowest BCUT2D eigenvalue weighted by molar-refractivity contribution is -0.143. The zero-order valence-corrected chi connectivity index (χ0v) is 11.8. The normalized spacial score (nSPS) is 17.2. The first-order valence-electron chi connectivity index (χ1n) is 6.07. The number of sulfonamides is 1. The van der Waals surface area contributed by atoms with Gasteiger partial charge in [-0.25, -0.2) is 13.1 Å². The zero-order valence-electron chi connectivity index (χ0n) is 10.9. The van der Waals surface area contributed by atoms with Crippen molar-refractivity contribution < 1.29 is 18.3 Å². The molecule has 0 unspecified atom stereocenters. The van der Waals surface area contributed by atoms with Crippen LogP contribution in [0.5, 0.6) is 0 Å². The highest BCUT2D eigenvalue weighted by Gasteiger charge is 2.50. The summed E-state index contributed by atoms with van der Waals surface area (Å²) in [5, 5.41) is 9.04. The molecule has 0 aliphatic heterocycles. The molecule has 1 saturated carbocycles. The molecular weight excluding hydrogens is 266 g/mol. The Kier molecular flexibility index (Phi) is 3.40. The summed E-state index contributed by atoms with van der Waals surface area (Å²) >= 11 is 0. The first-order chi connectivity index (χ1) is 8.77. The maximum absolute atomic E-state index is 12.2. The van der Waals surface area contributed by atoms with Crippen LogP contribution in [0, 0.1) is 19.3 Å². The van der Waals surface area contributed by atoms with Crippen molar-refractivity contribution in [2.45, 2.75) is 31.6 Å². The van der Waals surface area contributed by atoms with E-state index in [1.54, 1.807) is 19.1 Å². The minimum Gasteiger partial charge on any atom is -0.481 e. The summed E-state index contributed by atoms with van der Waals surface area (Å²) in [6.45, 7) is 3.49. The second kappa shape index (κ2) is 4.61. The van der Waals surface area contributed by atoms with E-state index < -0.39 is 21.4 Å². The molecule has 1 fully saturated rings. The number of rotatable bonds is 5. The second-order valence-corrected chi connectivity index (χ2v) is 6.91. The largest absolute Gasteiger partial charge is 0.481 e. The maximum atomic E-state index is 12.2. The van der Waals surface area contributed by atoms with Crippen LogP contribution in [0.1, 0.15) is 24.0 Å². The van der Waals surface area contributed by atoms with Gasteiger partial charge < -0.3 is 5.11 Å². The van der Waals surface area contributed by atoms with Gasteiger partial charge in [-0.2, -0.15) is 0 Å². The van der Waals surface area contributed by atoms with Crippen LogP contribution in [-0.4, -0.2) is 26.0 Å². The molecule has 1 aromatic rings. The lowest BCUT2D eigenvalue weighted by Gasteiger charge is -2.13. The van der Waals surface area contributed by atoms with Crippen molar-refractivity contribution >= 4 is 16.0 Å². The Balaban J connectivity index is 2.19. The Bertz CT molecular complexity index is 618. The van der Waals surface area contributed by atoms with E-state index in [2.05, 4.69) is 4.72 Å². The minimum absolute atomic E-state index is 0.0436. The molecule has 0 spiro atoms. The molecule has 1 aliphatic carbocycles. The summed E-state index contributed by atoms with van der Waals surface area (Å²) in [6.07, 6.45) is 1.05. The van der Waals surface area contributed by atoms with Gasteiger partial charge >= 0.3 is 5.97 Å². The number of carboxylic acids is 1. The summed E-state index contributed by atoms with van der Waals surface area (Å²) < 4.78 is 26.8. The number of carbonyl (C=O) groups is 1. The first kappa shape index (κ1) is 14.0. The van der Waals surface area contributed by atoms with Gasteiger partial charge in [-0.15, -0.1) is 0 Å². The molecule has 0 atom stereocenters. The summed E-state index contributed by atoms with van der Waals surface area (Å²) in [4.78, 5) is 11.2. The van der Waals surface area contributed by atoms with Gasteiger partial charge in [0.15, 0.2) is 0 Å². The third-order valence-electron chi connectivity index (χ3n) is 3.54. The van der Waals surface area contributed by atoms with E-state index in [0.29, 0.717) is 18.4 Å². The molecule has 2 rings (SSSR count). The van der Waals surface area contributed by atoms with Crippen molar-refractivity contribution in [3.63, 3.8) is 0 Å². The summed E-state index contributed by atoms with van der Waals surface area (Å²) in [7, 11) is -3.65. The van der Waals surface area contributed by atoms with Crippen LogP contribution >= 0.6 is 0 Å².